The first-order valence-corrected chi connectivity index (χ1v) is 10.7. The average Bonchev–Trinajstić information content (AvgIpc) is 2.84. The van der Waals surface area contributed by atoms with E-state index < -0.39 is 19.0 Å². The Balaban J connectivity index is 1.47. The van der Waals surface area contributed by atoms with Crippen molar-refractivity contribution in [2.24, 2.45) is 0 Å². The van der Waals surface area contributed by atoms with Gasteiger partial charge in [-0.2, -0.15) is 8.78 Å². The predicted octanol–water partition coefficient (Wildman–Crippen LogP) is 3.81. The van der Waals surface area contributed by atoms with E-state index in [1.165, 1.54) is 18.5 Å². The summed E-state index contributed by atoms with van der Waals surface area (Å²) in [6.45, 7) is -1.59. The molecule has 2 heterocycles. The third kappa shape index (κ3) is 6.05. The van der Waals surface area contributed by atoms with Crippen LogP contribution < -0.4 is 24.3 Å². The van der Waals surface area contributed by atoms with E-state index >= 15 is 0 Å². The van der Waals surface area contributed by atoms with Crippen LogP contribution in [0, 0.1) is 0 Å². The molecule has 9 nitrogen and oxygen atoms in total. The van der Waals surface area contributed by atoms with E-state index in [2.05, 4.69) is 20.0 Å². The first kappa shape index (κ1) is 24.0. The number of anilines is 1. The van der Waals surface area contributed by atoms with Crippen molar-refractivity contribution in [2.75, 3.05) is 32.2 Å². The quantitative estimate of drug-likeness (QED) is 0.441. The molecule has 1 aliphatic rings. The Morgan fingerprint density at radius 3 is 2.57 bits per heavy atom. The summed E-state index contributed by atoms with van der Waals surface area (Å²) < 4.78 is 46.9. The number of ether oxygens (including phenoxy) is 4. The number of benzene rings is 2. The second kappa shape index (κ2) is 10.9. The lowest BCUT2D eigenvalue weighted by molar-refractivity contribution is -0.136. The van der Waals surface area contributed by atoms with Crippen molar-refractivity contribution in [3.05, 3.63) is 53.9 Å². The molecule has 4 rings (SSSR count). The van der Waals surface area contributed by atoms with Gasteiger partial charge in [-0.3, -0.25) is 4.79 Å². The Kier molecular flexibility index (Phi) is 7.44. The number of nitrogens with zero attached hydrogens (tertiary/aromatic N) is 2. The minimum atomic E-state index is -3.09. The molecule has 1 aromatic heterocycles. The van der Waals surface area contributed by atoms with Crippen LogP contribution in [0.1, 0.15) is 11.1 Å². The van der Waals surface area contributed by atoms with E-state index in [1.807, 2.05) is 6.07 Å². The Bertz CT molecular complexity index is 1210. The molecule has 0 radical (unpaired) electrons. The molecule has 0 spiro atoms. The molecule has 2 aromatic carbocycles. The normalized spacial score (nSPS) is 12.3. The molecule has 11 heteroatoms. The lowest BCUT2D eigenvalue weighted by Gasteiger charge is -2.20. The number of rotatable bonds is 10. The van der Waals surface area contributed by atoms with Crippen LogP contribution in [0.5, 0.6) is 23.0 Å². The van der Waals surface area contributed by atoms with Crippen molar-refractivity contribution in [3.63, 3.8) is 0 Å². The second-order valence-corrected chi connectivity index (χ2v) is 7.54. The van der Waals surface area contributed by atoms with Crippen LogP contribution in [0.15, 0.2) is 42.7 Å². The van der Waals surface area contributed by atoms with Gasteiger partial charge >= 0.3 is 12.6 Å². The van der Waals surface area contributed by atoms with Crippen molar-refractivity contribution in [3.8, 4) is 34.3 Å². The molecule has 2 N–H and O–H groups in total. The van der Waals surface area contributed by atoms with E-state index in [0.717, 1.165) is 5.56 Å². The lowest BCUT2D eigenvalue weighted by Crippen LogP contribution is -2.16. The van der Waals surface area contributed by atoms with Crippen LogP contribution in [-0.4, -0.2) is 54.5 Å². The monoisotopic (exact) mass is 487 g/mol. The van der Waals surface area contributed by atoms with Gasteiger partial charge < -0.3 is 29.4 Å². The standard InChI is InChI=1S/C24H23F2N3O6/c1-32-18-12-21-20(33-6-7-34-21)9-16(18)4-5-27-22-11-17(28-13-29-22)14-2-3-15(10-23(30)31)19(8-14)35-24(25)26/h2-3,8-9,11-13,24H,4-7,10H2,1H3,(H,30,31)(H,27,28,29). The summed E-state index contributed by atoms with van der Waals surface area (Å²) in [5, 5.41) is 12.2. The molecule has 35 heavy (non-hydrogen) atoms. The summed E-state index contributed by atoms with van der Waals surface area (Å²) in [6, 6.07) is 9.74. The summed E-state index contributed by atoms with van der Waals surface area (Å²) in [6.07, 6.45) is 1.51. The van der Waals surface area contributed by atoms with Gasteiger partial charge in [0.15, 0.2) is 11.5 Å². The van der Waals surface area contributed by atoms with E-state index in [0.29, 0.717) is 60.5 Å². The molecule has 1 aliphatic heterocycles. The number of aliphatic carboxylic acids is 1. The fraction of sp³-hybridized carbons (Fsp3) is 0.292. The van der Waals surface area contributed by atoms with Crippen LogP contribution >= 0.6 is 0 Å². The summed E-state index contributed by atoms with van der Waals surface area (Å²) in [5.41, 5.74) is 2.01. The number of carboxylic acid groups (broad SMARTS) is 1. The molecular weight excluding hydrogens is 464 g/mol. The summed E-state index contributed by atoms with van der Waals surface area (Å²) in [5.74, 6) is 1.17. The number of carbonyl (C=O) groups is 1. The third-order valence-electron chi connectivity index (χ3n) is 5.23. The van der Waals surface area contributed by atoms with Gasteiger partial charge in [-0.25, -0.2) is 9.97 Å². The fourth-order valence-electron chi connectivity index (χ4n) is 3.66. The fourth-order valence-corrected chi connectivity index (χ4v) is 3.66. The van der Waals surface area contributed by atoms with Crippen molar-refractivity contribution in [1.29, 1.82) is 0 Å². The van der Waals surface area contributed by atoms with E-state index in [9.17, 15) is 13.6 Å². The van der Waals surface area contributed by atoms with Crippen LogP contribution in [-0.2, 0) is 17.6 Å². The number of alkyl halides is 2. The molecular formula is C24H23F2N3O6. The predicted molar refractivity (Wildman–Crippen MR) is 122 cm³/mol. The van der Waals surface area contributed by atoms with Gasteiger partial charge in [0.05, 0.1) is 19.2 Å². The van der Waals surface area contributed by atoms with Crippen molar-refractivity contribution in [1.82, 2.24) is 9.97 Å². The van der Waals surface area contributed by atoms with Crippen molar-refractivity contribution in [2.45, 2.75) is 19.5 Å². The van der Waals surface area contributed by atoms with Crippen molar-refractivity contribution < 1.29 is 37.6 Å². The molecule has 3 aromatic rings. The smallest absolute Gasteiger partial charge is 0.387 e. The minimum absolute atomic E-state index is 0.141. The number of hydrogen-bond acceptors (Lipinski definition) is 8. The molecule has 0 bridgehead atoms. The Hall–Kier alpha value is -4.15. The maximum Gasteiger partial charge on any atom is 0.387 e. The highest BCUT2D eigenvalue weighted by Gasteiger charge is 2.17. The number of hydrogen-bond donors (Lipinski definition) is 2. The zero-order valence-corrected chi connectivity index (χ0v) is 18.8. The van der Waals surface area contributed by atoms with Crippen LogP contribution in [0.25, 0.3) is 11.3 Å². The Morgan fingerprint density at radius 1 is 1.09 bits per heavy atom. The Morgan fingerprint density at radius 2 is 1.86 bits per heavy atom. The largest absolute Gasteiger partial charge is 0.496 e. The zero-order chi connectivity index (χ0) is 24.8. The third-order valence-corrected chi connectivity index (χ3v) is 5.23. The summed E-state index contributed by atoms with van der Waals surface area (Å²) >= 11 is 0. The van der Waals surface area contributed by atoms with Gasteiger partial charge in [0.2, 0.25) is 0 Å². The number of fused-ring (bicyclic) bond motifs is 1. The van der Waals surface area contributed by atoms with Gasteiger partial charge in [-0.15, -0.1) is 0 Å². The maximum atomic E-state index is 12.8. The number of carboxylic acids is 1. The van der Waals surface area contributed by atoms with E-state index in [1.54, 1.807) is 25.3 Å². The molecule has 0 atom stereocenters. The van der Waals surface area contributed by atoms with Gasteiger partial charge in [0.25, 0.3) is 0 Å². The molecule has 0 amide bonds. The molecule has 0 unspecified atom stereocenters. The highest BCUT2D eigenvalue weighted by Crippen LogP contribution is 2.37. The molecule has 0 saturated heterocycles. The zero-order valence-electron chi connectivity index (χ0n) is 18.8. The topological polar surface area (TPSA) is 112 Å². The lowest BCUT2D eigenvalue weighted by atomic mass is 10.1. The number of halogens is 2. The number of nitrogens with one attached hydrogen (secondary N) is 1. The molecule has 184 valence electrons. The van der Waals surface area contributed by atoms with E-state index in [4.69, 9.17) is 19.3 Å². The van der Waals surface area contributed by atoms with Crippen LogP contribution in [0.3, 0.4) is 0 Å². The molecule has 0 saturated carbocycles. The SMILES string of the molecule is COc1cc2c(cc1CCNc1cc(-c3ccc(CC(=O)O)c(OC(F)F)c3)ncn1)OCCO2. The van der Waals surface area contributed by atoms with Crippen molar-refractivity contribution >= 4 is 11.8 Å². The summed E-state index contributed by atoms with van der Waals surface area (Å²) in [4.78, 5) is 19.4. The maximum absolute atomic E-state index is 12.8. The highest BCUT2D eigenvalue weighted by atomic mass is 19.3. The summed E-state index contributed by atoms with van der Waals surface area (Å²) in [7, 11) is 1.59. The Labute approximate surface area is 199 Å². The first-order chi connectivity index (χ1) is 16.9. The van der Waals surface area contributed by atoms with E-state index in [-0.39, 0.29) is 11.3 Å². The molecule has 0 fully saturated rings. The molecule has 0 aliphatic carbocycles. The highest BCUT2D eigenvalue weighted by molar-refractivity contribution is 5.73. The van der Waals surface area contributed by atoms with Gasteiger partial charge in [0.1, 0.15) is 36.9 Å². The van der Waals surface area contributed by atoms with Gasteiger partial charge in [-0.1, -0.05) is 12.1 Å². The number of aromatic nitrogens is 2. The first-order valence-electron chi connectivity index (χ1n) is 10.7. The second-order valence-electron chi connectivity index (χ2n) is 7.54. The average molecular weight is 487 g/mol. The van der Waals surface area contributed by atoms with Crippen LogP contribution in [0.2, 0.25) is 0 Å². The van der Waals surface area contributed by atoms with Gasteiger partial charge in [0, 0.05) is 29.8 Å². The van der Waals surface area contributed by atoms with Gasteiger partial charge in [-0.05, 0) is 24.1 Å². The number of methoxy groups -OCH3 is 1. The minimum Gasteiger partial charge on any atom is -0.496 e. The van der Waals surface area contributed by atoms with Crippen LogP contribution in [0.4, 0.5) is 14.6 Å².